The number of benzene rings is 1. The fraction of sp³-hybridized carbons (Fsp3) is 0.600. The molecule has 1 aromatic rings. The van der Waals surface area contributed by atoms with Crippen molar-refractivity contribution in [1.29, 1.82) is 0 Å². The van der Waals surface area contributed by atoms with Gasteiger partial charge in [-0.25, -0.2) is 0 Å². The number of amides is 2. The summed E-state index contributed by atoms with van der Waals surface area (Å²) in [7, 11) is 1.61. The Labute approximate surface area is 159 Å². The van der Waals surface area contributed by atoms with E-state index in [1.807, 2.05) is 24.3 Å². The van der Waals surface area contributed by atoms with Crippen molar-refractivity contribution < 1.29 is 14.3 Å². The molecule has 3 rings (SSSR count). The lowest BCUT2D eigenvalue weighted by Gasteiger charge is -2.25. The van der Waals surface area contributed by atoms with Crippen LogP contribution in [0.5, 0.6) is 5.75 Å². The first-order valence-electron chi connectivity index (χ1n) is 9.49. The molecule has 1 aromatic carbocycles. The van der Waals surface area contributed by atoms with Gasteiger partial charge in [0.1, 0.15) is 11.8 Å². The highest BCUT2D eigenvalue weighted by molar-refractivity contribution is 7.99. The molecule has 5 nitrogen and oxygen atoms in total. The van der Waals surface area contributed by atoms with E-state index in [0.29, 0.717) is 24.0 Å². The quantitative estimate of drug-likeness (QED) is 0.818. The molecule has 142 valence electrons. The van der Waals surface area contributed by atoms with E-state index in [2.05, 4.69) is 5.32 Å². The van der Waals surface area contributed by atoms with Gasteiger partial charge in [0.25, 0.3) is 0 Å². The predicted octanol–water partition coefficient (Wildman–Crippen LogP) is 3.90. The maximum atomic E-state index is 12.7. The third-order valence-corrected chi connectivity index (χ3v) is 6.37. The lowest BCUT2D eigenvalue weighted by atomic mass is 9.86. The van der Waals surface area contributed by atoms with Crippen LogP contribution < -0.4 is 10.1 Å². The fourth-order valence-corrected chi connectivity index (χ4v) is 4.93. The van der Waals surface area contributed by atoms with Crippen molar-refractivity contribution in [2.75, 3.05) is 24.1 Å². The molecule has 2 amide bonds. The second-order valence-corrected chi connectivity index (χ2v) is 8.14. The van der Waals surface area contributed by atoms with Gasteiger partial charge < -0.3 is 15.0 Å². The normalized spacial score (nSPS) is 20.8. The number of ether oxygens (including phenoxy) is 1. The molecule has 0 aromatic heterocycles. The van der Waals surface area contributed by atoms with Crippen LogP contribution in [0.2, 0.25) is 0 Å². The topological polar surface area (TPSA) is 58.6 Å². The molecule has 2 aliphatic rings. The molecule has 0 spiro atoms. The van der Waals surface area contributed by atoms with Crippen LogP contribution in [0, 0.1) is 5.92 Å². The maximum Gasteiger partial charge on any atom is 0.248 e. The average Bonchev–Trinajstić information content (AvgIpc) is 3.17. The van der Waals surface area contributed by atoms with E-state index in [4.69, 9.17) is 4.74 Å². The highest BCUT2D eigenvalue weighted by Gasteiger charge is 2.34. The molecular formula is C20H28N2O3S. The molecule has 1 N–H and O–H groups in total. The molecule has 1 heterocycles. The van der Waals surface area contributed by atoms with Crippen molar-refractivity contribution in [3.63, 3.8) is 0 Å². The van der Waals surface area contributed by atoms with E-state index in [9.17, 15) is 9.59 Å². The summed E-state index contributed by atoms with van der Waals surface area (Å²) in [5.41, 5.74) is 0.724. The number of carbonyl (C=O) groups excluding carboxylic acids is 2. The summed E-state index contributed by atoms with van der Waals surface area (Å²) in [6, 6.07) is 6.88. The number of nitrogens with zero attached hydrogens (tertiary/aromatic N) is 1. The van der Waals surface area contributed by atoms with Crippen LogP contribution in [0.15, 0.2) is 24.3 Å². The molecule has 6 heteroatoms. The Morgan fingerprint density at radius 1 is 1.19 bits per heavy atom. The number of nitrogens with one attached hydrogen (secondary N) is 1. The highest BCUT2D eigenvalue weighted by Crippen LogP contribution is 2.29. The van der Waals surface area contributed by atoms with Crippen LogP contribution in [0.3, 0.4) is 0 Å². The van der Waals surface area contributed by atoms with Crippen LogP contribution in [0.25, 0.3) is 0 Å². The smallest absolute Gasteiger partial charge is 0.248 e. The minimum absolute atomic E-state index is 0.105. The predicted molar refractivity (Wildman–Crippen MR) is 105 cm³/mol. The zero-order valence-corrected chi connectivity index (χ0v) is 16.2. The van der Waals surface area contributed by atoms with Gasteiger partial charge in [-0.05, 0) is 36.6 Å². The van der Waals surface area contributed by atoms with Crippen molar-refractivity contribution >= 4 is 29.3 Å². The number of thioether (sulfide) groups is 1. The second kappa shape index (κ2) is 9.31. The van der Waals surface area contributed by atoms with Crippen LogP contribution in [0.1, 0.15) is 44.9 Å². The lowest BCUT2D eigenvalue weighted by Crippen LogP contribution is -2.44. The molecule has 1 atom stereocenters. The van der Waals surface area contributed by atoms with E-state index in [1.165, 1.54) is 32.1 Å². The Balaban J connectivity index is 1.52. The van der Waals surface area contributed by atoms with Gasteiger partial charge in [0, 0.05) is 17.9 Å². The standard InChI is InChI=1S/C20H28N2O3S/c1-25-17-10-8-16(9-11-17)21-20(24)18-13-26-14-22(18)19(23)12-7-15-5-3-2-4-6-15/h8-11,15,18H,2-7,12-14H2,1H3,(H,21,24). The first-order chi connectivity index (χ1) is 12.7. The zero-order chi connectivity index (χ0) is 18.4. The van der Waals surface area contributed by atoms with Crippen molar-refractivity contribution in [1.82, 2.24) is 4.90 Å². The third kappa shape index (κ3) is 4.93. The number of rotatable bonds is 6. The summed E-state index contributed by atoms with van der Waals surface area (Å²) in [6.45, 7) is 0. The van der Waals surface area contributed by atoms with E-state index in [-0.39, 0.29) is 17.9 Å². The van der Waals surface area contributed by atoms with Gasteiger partial charge in [-0.3, -0.25) is 9.59 Å². The van der Waals surface area contributed by atoms with Crippen molar-refractivity contribution in [2.24, 2.45) is 5.92 Å². The van der Waals surface area contributed by atoms with Crippen molar-refractivity contribution in [3.8, 4) is 5.75 Å². The Morgan fingerprint density at radius 2 is 1.92 bits per heavy atom. The third-order valence-electron chi connectivity index (χ3n) is 5.35. The van der Waals surface area contributed by atoms with Gasteiger partial charge in [-0.15, -0.1) is 11.8 Å². The fourth-order valence-electron chi connectivity index (χ4n) is 3.75. The first-order valence-corrected chi connectivity index (χ1v) is 10.6. The molecule has 1 saturated carbocycles. The molecule has 2 fully saturated rings. The van der Waals surface area contributed by atoms with E-state index in [1.54, 1.807) is 23.8 Å². The summed E-state index contributed by atoms with van der Waals surface area (Å²) in [5.74, 6) is 2.73. The van der Waals surface area contributed by atoms with Gasteiger partial charge in [-0.2, -0.15) is 0 Å². The minimum Gasteiger partial charge on any atom is -0.497 e. The summed E-state index contributed by atoms with van der Waals surface area (Å²) < 4.78 is 5.13. The van der Waals surface area contributed by atoms with Crippen LogP contribution in [0.4, 0.5) is 5.69 Å². The largest absolute Gasteiger partial charge is 0.497 e. The highest BCUT2D eigenvalue weighted by atomic mass is 32.2. The Bertz CT molecular complexity index is 614. The summed E-state index contributed by atoms with van der Waals surface area (Å²) in [4.78, 5) is 27.1. The molecule has 0 bridgehead atoms. The molecule has 26 heavy (non-hydrogen) atoms. The number of methoxy groups -OCH3 is 1. The maximum absolute atomic E-state index is 12.7. The van der Waals surface area contributed by atoms with Gasteiger partial charge in [-0.1, -0.05) is 32.1 Å². The molecule has 0 radical (unpaired) electrons. The molecule has 1 aliphatic carbocycles. The van der Waals surface area contributed by atoms with E-state index in [0.717, 1.165) is 17.9 Å². The van der Waals surface area contributed by atoms with Gasteiger partial charge in [0.05, 0.1) is 13.0 Å². The summed E-state index contributed by atoms with van der Waals surface area (Å²) in [6.07, 6.45) is 7.97. The molecule has 1 saturated heterocycles. The number of anilines is 1. The minimum atomic E-state index is -0.374. The van der Waals surface area contributed by atoms with Crippen LogP contribution in [-0.2, 0) is 9.59 Å². The van der Waals surface area contributed by atoms with Gasteiger partial charge >= 0.3 is 0 Å². The Hall–Kier alpha value is -1.69. The number of carbonyl (C=O) groups is 2. The monoisotopic (exact) mass is 376 g/mol. The zero-order valence-electron chi connectivity index (χ0n) is 15.4. The van der Waals surface area contributed by atoms with Gasteiger partial charge in [0.2, 0.25) is 11.8 Å². The number of hydrogen-bond acceptors (Lipinski definition) is 4. The van der Waals surface area contributed by atoms with Crippen LogP contribution >= 0.6 is 11.8 Å². The molecular weight excluding hydrogens is 348 g/mol. The Morgan fingerprint density at radius 3 is 2.62 bits per heavy atom. The van der Waals surface area contributed by atoms with Crippen molar-refractivity contribution in [3.05, 3.63) is 24.3 Å². The average molecular weight is 377 g/mol. The van der Waals surface area contributed by atoms with Crippen molar-refractivity contribution in [2.45, 2.75) is 51.0 Å². The molecule has 1 unspecified atom stereocenters. The Kier molecular flexibility index (Phi) is 6.83. The summed E-state index contributed by atoms with van der Waals surface area (Å²) in [5, 5.41) is 2.92. The first kappa shape index (κ1) is 19.1. The number of hydrogen-bond donors (Lipinski definition) is 1. The molecule has 1 aliphatic heterocycles. The van der Waals surface area contributed by atoms with E-state index < -0.39 is 0 Å². The summed E-state index contributed by atoms with van der Waals surface area (Å²) >= 11 is 1.65. The van der Waals surface area contributed by atoms with E-state index >= 15 is 0 Å². The van der Waals surface area contributed by atoms with Gasteiger partial charge in [0.15, 0.2) is 0 Å². The lowest BCUT2D eigenvalue weighted by molar-refractivity contribution is -0.136. The SMILES string of the molecule is COc1ccc(NC(=O)C2CSCN2C(=O)CCC2CCCCC2)cc1. The second-order valence-electron chi connectivity index (χ2n) is 7.14. The van der Waals surface area contributed by atoms with Crippen LogP contribution in [-0.4, -0.2) is 41.5 Å².